The second-order valence-electron chi connectivity index (χ2n) is 1.34. The second kappa shape index (κ2) is 2.61. The Balaban J connectivity index is 3.91. The Bertz CT molecular complexity index is 103. The third kappa shape index (κ3) is 1.94. The Kier molecular flexibility index (Phi) is 2.65. The zero-order chi connectivity index (χ0) is 6.78. The molecule has 0 rings (SSSR count). The molecule has 0 spiro atoms. The van der Waals surface area contributed by atoms with Crippen LogP contribution in [0.4, 0.5) is 0 Å². The molecular weight excluding hydrogens is 146 g/mol. The number of primary amides is 1. The average Bonchev–Trinajstić information content (AvgIpc) is 1.67. The van der Waals surface area contributed by atoms with Crippen LogP contribution in [-0.2, 0) is 4.79 Å². The maximum atomic E-state index is 10.2. The SMILES string of the molecule is NC(=O)C(S)(S)CO. The first-order chi connectivity index (χ1) is 3.50. The molecule has 0 aliphatic carbocycles. The molecule has 0 aromatic carbocycles. The first-order valence-corrected chi connectivity index (χ1v) is 2.75. The number of carbonyl (C=O) groups is 1. The van der Waals surface area contributed by atoms with Gasteiger partial charge < -0.3 is 10.8 Å². The van der Waals surface area contributed by atoms with Gasteiger partial charge in [0, 0.05) is 0 Å². The highest BCUT2D eigenvalue weighted by molar-refractivity contribution is 8.02. The van der Waals surface area contributed by atoms with E-state index >= 15 is 0 Å². The van der Waals surface area contributed by atoms with Crippen LogP contribution >= 0.6 is 25.3 Å². The molecule has 0 saturated heterocycles. The molecule has 0 saturated carbocycles. The van der Waals surface area contributed by atoms with E-state index in [9.17, 15) is 4.79 Å². The molecule has 0 atom stereocenters. The summed E-state index contributed by atoms with van der Waals surface area (Å²) in [6.07, 6.45) is 0. The van der Waals surface area contributed by atoms with Crippen LogP contribution in [0.3, 0.4) is 0 Å². The minimum atomic E-state index is -1.38. The maximum absolute atomic E-state index is 10.2. The highest BCUT2D eigenvalue weighted by Crippen LogP contribution is 2.16. The summed E-state index contributed by atoms with van der Waals surface area (Å²) < 4.78 is -1.38. The van der Waals surface area contributed by atoms with Crippen LogP contribution in [0.15, 0.2) is 0 Å². The van der Waals surface area contributed by atoms with Gasteiger partial charge in [-0.25, -0.2) is 0 Å². The fourth-order valence-corrected chi connectivity index (χ4v) is 0.0779. The van der Waals surface area contributed by atoms with Crippen molar-refractivity contribution in [2.75, 3.05) is 6.61 Å². The minimum Gasteiger partial charge on any atom is -0.393 e. The Morgan fingerprint density at radius 2 is 2.12 bits per heavy atom. The number of nitrogens with two attached hydrogens (primary N) is 1. The van der Waals surface area contributed by atoms with Gasteiger partial charge in [-0.05, 0) is 0 Å². The van der Waals surface area contributed by atoms with E-state index in [0.717, 1.165) is 0 Å². The fraction of sp³-hybridized carbons (Fsp3) is 0.667. The number of carbonyl (C=O) groups excluding carboxylic acids is 1. The van der Waals surface area contributed by atoms with Crippen molar-refractivity contribution in [2.45, 2.75) is 4.08 Å². The van der Waals surface area contributed by atoms with Crippen LogP contribution in [0.2, 0.25) is 0 Å². The molecule has 8 heavy (non-hydrogen) atoms. The Labute approximate surface area is 58.1 Å². The van der Waals surface area contributed by atoms with Crippen molar-refractivity contribution in [3.63, 3.8) is 0 Å². The molecule has 3 nitrogen and oxygen atoms in total. The zero-order valence-corrected chi connectivity index (χ0v) is 5.82. The average molecular weight is 153 g/mol. The van der Waals surface area contributed by atoms with E-state index in [1.54, 1.807) is 0 Å². The van der Waals surface area contributed by atoms with Crippen LogP contribution in [-0.4, -0.2) is 21.7 Å². The highest BCUT2D eigenvalue weighted by Gasteiger charge is 2.25. The summed E-state index contributed by atoms with van der Waals surface area (Å²) in [5.74, 6) is -0.744. The molecule has 5 heteroatoms. The normalized spacial score (nSPS) is 11.4. The molecule has 48 valence electrons. The monoisotopic (exact) mass is 153 g/mol. The van der Waals surface area contributed by atoms with Gasteiger partial charge in [0.25, 0.3) is 0 Å². The summed E-state index contributed by atoms with van der Waals surface area (Å²) in [6, 6.07) is 0. The first kappa shape index (κ1) is 8.13. The molecular formula is C3H7NO2S2. The largest absolute Gasteiger partial charge is 0.393 e. The summed E-state index contributed by atoms with van der Waals surface area (Å²) in [7, 11) is 0. The number of rotatable bonds is 2. The third-order valence-corrected chi connectivity index (χ3v) is 1.34. The number of amides is 1. The molecule has 0 aromatic heterocycles. The van der Waals surface area contributed by atoms with Gasteiger partial charge in [-0.3, -0.25) is 4.79 Å². The van der Waals surface area contributed by atoms with E-state index in [-0.39, 0.29) is 0 Å². The van der Waals surface area contributed by atoms with Crippen molar-refractivity contribution in [3.05, 3.63) is 0 Å². The Morgan fingerprint density at radius 1 is 1.75 bits per heavy atom. The van der Waals surface area contributed by atoms with E-state index in [4.69, 9.17) is 10.8 Å². The fourth-order valence-electron chi connectivity index (χ4n) is 0.0779. The van der Waals surface area contributed by atoms with Crippen molar-refractivity contribution in [1.29, 1.82) is 0 Å². The van der Waals surface area contributed by atoms with Gasteiger partial charge >= 0.3 is 0 Å². The van der Waals surface area contributed by atoms with Gasteiger partial charge in [-0.2, -0.15) is 0 Å². The molecule has 0 fully saturated rings. The number of aliphatic hydroxyl groups is 1. The lowest BCUT2D eigenvalue weighted by Gasteiger charge is -2.12. The number of hydrogen-bond donors (Lipinski definition) is 4. The molecule has 0 aromatic rings. The quantitative estimate of drug-likeness (QED) is 0.304. The van der Waals surface area contributed by atoms with E-state index in [1.165, 1.54) is 0 Å². The predicted octanol–water partition coefficient (Wildman–Crippen LogP) is -0.980. The first-order valence-electron chi connectivity index (χ1n) is 1.86. The van der Waals surface area contributed by atoms with Gasteiger partial charge in [0.2, 0.25) is 5.91 Å². The van der Waals surface area contributed by atoms with Gasteiger partial charge in [0.15, 0.2) is 4.08 Å². The molecule has 0 bridgehead atoms. The third-order valence-electron chi connectivity index (χ3n) is 0.615. The van der Waals surface area contributed by atoms with Gasteiger partial charge in [0.05, 0.1) is 6.61 Å². The van der Waals surface area contributed by atoms with Gasteiger partial charge in [-0.15, -0.1) is 25.3 Å². The lowest BCUT2D eigenvalue weighted by molar-refractivity contribution is -0.118. The lowest BCUT2D eigenvalue weighted by atomic mass is 10.4. The van der Waals surface area contributed by atoms with Crippen LogP contribution in [0.5, 0.6) is 0 Å². The van der Waals surface area contributed by atoms with E-state index in [2.05, 4.69) is 25.3 Å². The standard InChI is InChI=1S/C3H7NO2S2/c4-2(6)3(7,8)1-5/h5,7-8H,1H2,(H2,4,6). The Morgan fingerprint density at radius 3 is 2.12 bits per heavy atom. The molecule has 1 amide bonds. The summed E-state index contributed by atoms with van der Waals surface area (Å²) in [6.45, 7) is -0.464. The van der Waals surface area contributed by atoms with Crippen LogP contribution in [0.1, 0.15) is 0 Å². The van der Waals surface area contributed by atoms with Crippen LogP contribution in [0.25, 0.3) is 0 Å². The molecule has 0 radical (unpaired) electrons. The van der Waals surface area contributed by atoms with Crippen molar-refractivity contribution >= 4 is 31.2 Å². The molecule has 0 aliphatic heterocycles. The molecule has 0 unspecified atom stereocenters. The smallest absolute Gasteiger partial charge is 0.245 e. The molecule has 3 N–H and O–H groups in total. The van der Waals surface area contributed by atoms with Crippen molar-refractivity contribution in [2.24, 2.45) is 5.73 Å². The molecule has 0 heterocycles. The highest BCUT2D eigenvalue weighted by atomic mass is 32.2. The van der Waals surface area contributed by atoms with E-state index in [1.807, 2.05) is 0 Å². The number of hydrogen-bond acceptors (Lipinski definition) is 4. The Hall–Kier alpha value is 0.130. The topological polar surface area (TPSA) is 63.3 Å². The summed E-state index contributed by atoms with van der Waals surface area (Å²) in [4.78, 5) is 10.2. The van der Waals surface area contributed by atoms with E-state index in [0.29, 0.717) is 0 Å². The van der Waals surface area contributed by atoms with Crippen LogP contribution < -0.4 is 5.73 Å². The van der Waals surface area contributed by atoms with Crippen molar-refractivity contribution in [3.8, 4) is 0 Å². The predicted molar refractivity (Wildman–Crippen MR) is 37.0 cm³/mol. The van der Waals surface area contributed by atoms with Crippen LogP contribution in [0, 0.1) is 0 Å². The molecule has 0 aliphatic rings. The summed E-state index contributed by atoms with van der Waals surface area (Å²) in [5.41, 5.74) is 4.73. The zero-order valence-electron chi connectivity index (χ0n) is 4.03. The van der Waals surface area contributed by atoms with E-state index < -0.39 is 16.6 Å². The lowest BCUT2D eigenvalue weighted by Crippen LogP contribution is -2.36. The minimum absolute atomic E-state index is 0.464. The second-order valence-corrected chi connectivity index (χ2v) is 3.22. The maximum Gasteiger partial charge on any atom is 0.245 e. The van der Waals surface area contributed by atoms with Gasteiger partial charge in [-0.1, -0.05) is 0 Å². The number of aliphatic hydroxyl groups excluding tert-OH is 1. The summed E-state index contributed by atoms with van der Waals surface area (Å²) >= 11 is 7.24. The van der Waals surface area contributed by atoms with Gasteiger partial charge in [0.1, 0.15) is 0 Å². The van der Waals surface area contributed by atoms with Crippen molar-refractivity contribution in [1.82, 2.24) is 0 Å². The summed E-state index contributed by atoms with van der Waals surface area (Å²) in [5, 5.41) is 8.31. The van der Waals surface area contributed by atoms with Crippen molar-refractivity contribution < 1.29 is 9.90 Å². The number of thiol groups is 2.